The van der Waals surface area contributed by atoms with Crippen LogP contribution < -0.4 is 0 Å². The van der Waals surface area contributed by atoms with Gasteiger partial charge in [0.2, 0.25) is 0 Å². The van der Waals surface area contributed by atoms with Crippen molar-refractivity contribution in [3.8, 4) is 11.4 Å². The van der Waals surface area contributed by atoms with Gasteiger partial charge in [0.05, 0.1) is 5.69 Å². The molecule has 0 spiro atoms. The molecule has 0 aliphatic carbocycles. The van der Waals surface area contributed by atoms with E-state index in [2.05, 4.69) is 55.1 Å². The van der Waals surface area contributed by atoms with Crippen molar-refractivity contribution in [3.05, 3.63) is 43.8 Å². The Morgan fingerprint density at radius 1 is 1.00 bits per heavy atom. The first kappa shape index (κ1) is 10.3. The highest BCUT2D eigenvalue weighted by molar-refractivity contribution is 14.1. The van der Waals surface area contributed by atoms with E-state index in [1.54, 1.807) is 6.20 Å². The Labute approximate surface area is 109 Å². The number of nitrogens with zero attached hydrogens (tertiary/aromatic N) is 2. The first-order valence-corrected chi connectivity index (χ1v) is 6.15. The van der Waals surface area contributed by atoms with Gasteiger partial charge >= 0.3 is 0 Å². The molecule has 2 nitrogen and oxygen atoms in total. The van der Waals surface area contributed by atoms with Gasteiger partial charge < -0.3 is 0 Å². The molecule has 0 radical (unpaired) electrons. The number of hydrogen-bond acceptors (Lipinski definition) is 2. The molecule has 2 rings (SSSR count). The summed E-state index contributed by atoms with van der Waals surface area (Å²) in [6, 6.07) is 7.97. The highest BCUT2D eigenvalue weighted by Crippen LogP contribution is 2.21. The Hall–Kier alpha value is -0.240. The minimum atomic E-state index is 0.932. The van der Waals surface area contributed by atoms with Gasteiger partial charge in [0.1, 0.15) is 5.69 Å². The van der Waals surface area contributed by atoms with Crippen LogP contribution in [0.5, 0.6) is 0 Å². The van der Waals surface area contributed by atoms with Crippen LogP contribution in [0.1, 0.15) is 0 Å². The monoisotopic (exact) mass is 408 g/mol. The van der Waals surface area contributed by atoms with E-state index in [9.17, 15) is 0 Å². The van der Waals surface area contributed by atoms with Crippen molar-refractivity contribution in [3.63, 3.8) is 0 Å². The maximum atomic E-state index is 4.32. The maximum Gasteiger partial charge on any atom is 0.102 e. The number of aromatic nitrogens is 2. The molecule has 0 bridgehead atoms. The lowest BCUT2D eigenvalue weighted by Crippen LogP contribution is -1.90. The second-order valence-electron chi connectivity index (χ2n) is 2.69. The Kier molecular flexibility index (Phi) is 3.32. The standard InChI is InChI=1S/C10H6I2N2/c11-7-3-5-13-9(6-7)10-8(12)2-1-4-14-10/h1-6H. The highest BCUT2D eigenvalue weighted by atomic mass is 127. The molecule has 70 valence electrons. The van der Waals surface area contributed by atoms with Crippen molar-refractivity contribution in [2.24, 2.45) is 0 Å². The van der Waals surface area contributed by atoms with Gasteiger partial charge in [0.25, 0.3) is 0 Å². The van der Waals surface area contributed by atoms with Gasteiger partial charge in [-0.3, -0.25) is 9.97 Å². The number of rotatable bonds is 1. The number of hydrogen-bond donors (Lipinski definition) is 0. The molecule has 4 heteroatoms. The molecule has 0 unspecified atom stereocenters. The Morgan fingerprint density at radius 3 is 2.57 bits per heavy atom. The molecular formula is C10H6I2N2. The number of pyridine rings is 2. The minimum Gasteiger partial charge on any atom is -0.255 e. The summed E-state index contributed by atoms with van der Waals surface area (Å²) in [5.41, 5.74) is 1.88. The lowest BCUT2D eigenvalue weighted by molar-refractivity contribution is 1.23. The summed E-state index contributed by atoms with van der Waals surface area (Å²) in [4.78, 5) is 8.61. The third-order valence-corrected chi connectivity index (χ3v) is 3.26. The zero-order chi connectivity index (χ0) is 9.97. The molecule has 0 atom stereocenters. The average molecular weight is 408 g/mol. The summed E-state index contributed by atoms with van der Waals surface area (Å²) in [7, 11) is 0. The molecule has 14 heavy (non-hydrogen) atoms. The molecule has 0 aromatic carbocycles. The summed E-state index contributed by atoms with van der Waals surface area (Å²) in [6.45, 7) is 0. The topological polar surface area (TPSA) is 25.8 Å². The van der Waals surface area contributed by atoms with E-state index >= 15 is 0 Å². The highest BCUT2D eigenvalue weighted by Gasteiger charge is 2.04. The van der Waals surface area contributed by atoms with E-state index < -0.39 is 0 Å². The summed E-state index contributed by atoms with van der Waals surface area (Å²) in [5, 5.41) is 0. The van der Waals surface area contributed by atoms with E-state index in [1.807, 2.05) is 30.5 Å². The summed E-state index contributed by atoms with van der Waals surface area (Å²) in [5.74, 6) is 0. The molecular weight excluding hydrogens is 402 g/mol. The van der Waals surface area contributed by atoms with Crippen LogP contribution in [0.3, 0.4) is 0 Å². The van der Waals surface area contributed by atoms with Crippen molar-refractivity contribution in [2.45, 2.75) is 0 Å². The molecule has 0 N–H and O–H groups in total. The van der Waals surface area contributed by atoms with E-state index in [4.69, 9.17) is 0 Å². The maximum absolute atomic E-state index is 4.32. The van der Waals surface area contributed by atoms with Gasteiger partial charge in [-0.25, -0.2) is 0 Å². The molecule has 0 saturated carbocycles. The van der Waals surface area contributed by atoms with Crippen molar-refractivity contribution >= 4 is 45.2 Å². The van der Waals surface area contributed by atoms with Crippen LogP contribution in [0.25, 0.3) is 11.4 Å². The average Bonchev–Trinajstić information content (AvgIpc) is 2.18. The van der Waals surface area contributed by atoms with E-state index in [0.29, 0.717) is 0 Å². The SMILES string of the molecule is Ic1ccnc(-c2ncccc2I)c1. The second kappa shape index (κ2) is 4.52. The molecule has 0 aliphatic heterocycles. The third-order valence-electron chi connectivity index (χ3n) is 1.72. The molecule has 2 heterocycles. The molecule has 0 amide bonds. The summed E-state index contributed by atoms with van der Waals surface area (Å²) < 4.78 is 2.30. The van der Waals surface area contributed by atoms with Crippen LogP contribution in [0, 0.1) is 7.14 Å². The fourth-order valence-electron chi connectivity index (χ4n) is 1.11. The van der Waals surface area contributed by atoms with Gasteiger partial charge in [-0.1, -0.05) is 0 Å². The predicted molar refractivity (Wildman–Crippen MR) is 72.9 cm³/mol. The first-order chi connectivity index (χ1) is 6.77. The van der Waals surface area contributed by atoms with Crippen molar-refractivity contribution in [2.75, 3.05) is 0 Å². The molecule has 2 aromatic heterocycles. The molecule has 0 fully saturated rings. The zero-order valence-corrected chi connectivity index (χ0v) is 11.4. The smallest absolute Gasteiger partial charge is 0.102 e. The summed E-state index contributed by atoms with van der Waals surface area (Å²) >= 11 is 4.54. The van der Waals surface area contributed by atoms with Crippen molar-refractivity contribution in [1.29, 1.82) is 0 Å². The van der Waals surface area contributed by atoms with Gasteiger partial charge in [0, 0.05) is 19.5 Å². The van der Waals surface area contributed by atoms with E-state index in [1.165, 1.54) is 3.57 Å². The van der Waals surface area contributed by atoms with Crippen molar-refractivity contribution < 1.29 is 0 Å². The molecule has 0 aliphatic rings. The Morgan fingerprint density at radius 2 is 1.86 bits per heavy atom. The summed E-state index contributed by atoms with van der Waals surface area (Å²) in [6.07, 6.45) is 3.60. The van der Waals surface area contributed by atoms with Crippen LogP contribution in [-0.2, 0) is 0 Å². The fraction of sp³-hybridized carbons (Fsp3) is 0. The van der Waals surface area contributed by atoms with E-state index in [-0.39, 0.29) is 0 Å². The second-order valence-corrected chi connectivity index (χ2v) is 5.10. The number of halogens is 2. The minimum absolute atomic E-state index is 0.932. The molecule has 0 saturated heterocycles. The quantitative estimate of drug-likeness (QED) is 0.677. The van der Waals surface area contributed by atoms with Gasteiger partial charge in [-0.15, -0.1) is 0 Å². The predicted octanol–water partition coefficient (Wildman–Crippen LogP) is 3.35. The van der Waals surface area contributed by atoms with Crippen molar-refractivity contribution in [1.82, 2.24) is 9.97 Å². The van der Waals surface area contributed by atoms with Gasteiger partial charge in [-0.2, -0.15) is 0 Å². The first-order valence-electron chi connectivity index (χ1n) is 4.00. The Bertz CT molecular complexity index is 457. The van der Waals surface area contributed by atoms with Gasteiger partial charge in [-0.05, 0) is 69.4 Å². The van der Waals surface area contributed by atoms with Crippen LogP contribution in [0.2, 0.25) is 0 Å². The fourth-order valence-corrected chi connectivity index (χ4v) is 2.19. The lowest BCUT2D eigenvalue weighted by atomic mass is 10.2. The lowest BCUT2D eigenvalue weighted by Gasteiger charge is -2.01. The third kappa shape index (κ3) is 2.22. The largest absolute Gasteiger partial charge is 0.255 e. The van der Waals surface area contributed by atoms with E-state index in [0.717, 1.165) is 15.0 Å². The van der Waals surface area contributed by atoms with Gasteiger partial charge in [0.15, 0.2) is 0 Å². The zero-order valence-electron chi connectivity index (χ0n) is 7.11. The Balaban J connectivity index is 2.55. The van der Waals surface area contributed by atoms with Crippen LogP contribution in [0.15, 0.2) is 36.7 Å². The van der Waals surface area contributed by atoms with Crippen LogP contribution >= 0.6 is 45.2 Å². The van der Waals surface area contributed by atoms with Crippen LogP contribution in [0.4, 0.5) is 0 Å². The molecule has 2 aromatic rings. The van der Waals surface area contributed by atoms with Crippen LogP contribution in [-0.4, -0.2) is 9.97 Å². The normalized spacial score (nSPS) is 10.1.